The van der Waals surface area contributed by atoms with Crippen molar-refractivity contribution in [1.82, 2.24) is 14.5 Å². The molecular weight excluding hydrogens is 384 g/mol. The van der Waals surface area contributed by atoms with Crippen LogP contribution in [0, 0.1) is 11.6 Å². The minimum absolute atomic E-state index is 0.203. The molecule has 1 amide bonds. The van der Waals surface area contributed by atoms with Crippen LogP contribution < -0.4 is 0 Å². The molecule has 28 heavy (non-hydrogen) atoms. The van der Waals surface area contributed by atoms with Gasteiger partial charge in [0, 0.05) is 18.1 Å². The van der Waals surface area contributed by atoms with Gasteiger partial charge < -0.3 is 9.47 Å². The SMILES string of the molecule is CCCN(Cc1nc2ccc(Cl)cc2n1CCC)C(=O)c1cccc(F)c1F. The molecule has 0 fully saturated rings. The Balaban J connectivity index is 1.99. The van der Waals surface area contributed by atoms with E-state index in [1.54, 1.807) is 6.07 Å². The molecule has 3 aromatic rings. The maximum atomic E-state index is 14.1. The summed E-state index contributed by atoms with van der Waals surface area (Å²) in [5.74, 6) is -2.01. The zero-order chi connectivity index (χ0) is 20.3. The normalized spacial score (nSPS) is 11.2. The molecule has 0 aliphatic heterocycles. The van der Waals surface area contributed by atoms with Gasteiger partial charge in [-0.15, -0.1) is 0 Å². The predicted molar refractivity (Wildman–Crippen MR) is 106 cm³/mol. The van der Waals surface area contributed by atoms with Crippen molar-refractivity contribution < 1.29 is 13.6 Å². The molecule has 0 N–H and O–H groups in total. The number of hydrogen-bond donors (Lipinski definition) is 0. The second kappa shape index (κ2) is 8.69. The quantitative estimate of drug-likeness (QED) is 0.525. The Morgan fingerprint density at radius 3 is 2.68 bits per heavy atom. The fourth-order valence-electron chi connectivity index (χ4n) is 3.27. The van der Waals surface area contributed by atoms with E-state index in [0.717, 1.165) is 23.5 Å². The Labute approximate surface area is 167 Å². The second-order valence-corrected chi connectivity index (χ2v) is 7.08. The van der Waals surface area contributed by atoms with Crippen LogP contribution in [0.15, 0.2) is 36.4 Å². The molecule has 0 saturated carbocycles. The topological polar surface area (TPSA) is 38.1 Å². The first kappa shape index (κ1) is 20.3. The maximum Gasteiger partial charge on any atom is 0.257 e. The number of carbonyl (C=O) groups excluding carboxylic acids is 1. The molecule has 0 aliphatic rings. The summed E-state index contributed by atoms with van der Waals surface area (Å²) >= 11 is 6.14. The fourth-order valence-corrected chi connectivity index (χ4v) is 3.44. The van der Waals surface area contributed by atoms with Crippen molar-refractivity contribution in [2.75, 3.05) is 6.54 Å². The van der Waals surface area contributed by atoms with Crippen molar-refractivity contribution in [1.29, 1.82) is 0 Å². The van der Waals surface area contributed by atoms with Gasteiger partial charge in [0.15, 0.2) is 11.6 Å². The molecule has 0 spiro atoms. The van der Waals surface area contributed by atoms with Crippen LogP contribution in [0.3, 0.4) is 0 Å². The van der Waals surface area contributed by atoms with Crippen LogP contribution in [0.4, 0.5) is 8.78 Å². The maximum absolute atomic E-state index is 14.1. The summed E-state index contributed by atoms with van der Waals surface area (Å²) in [5, 5.41) is 0.611. The lowest BCUT2D eigenvalue weighted by Gasteiger charge is -2.23. The molecule has 0 bridgehead atoms. The van der Waals surface area contributed by atoms with Gasteiger partial charge in [0.1, 0.15) is 5.82 Å². The van der Waals surface area contributed by atoms with Crippen molar-refractivity contribution in [2.24, 2.45) is 0 Å². The molecule has 0 radical (unpaired) electrons. The van der Waals surface area contributed by atoms with Crippen LogP contribution in [-0.4, -0.2) is 26.9 Å². The third kappa shape index (κ3) is 4.02. The highest BCUT2D eigenvalue weighted by Crippen LogP contribution is 2.23. The second-order valence-electron chi connectivity index (χ2n) is 6.64. The van der Waals surface area contributed by atoms with Gasteiger partial charge in [0.2, 0.25) is 0 Å². The number of aryl methyl sites for hydroxylation is 1. The van der Waals surface area contributed by atoms with Crippen molar-refractivity contribution in [3.05, 3.63) is 64.4 Å². The zero-order valence-corrected chi connectivity index (χ0v) is 16.6. The van der Waals surface area contributed by atoms with Crippen LogP contribution in [0.2, 0.25) is 5.02 Å². The molecule has 1 aromatic heterocycles. The lowest BCUT2D eigenvalue weighted by Crippen LogP contribution is -2.33. The van der Waals surface area contributed by atoms with Crippen molar-refractivity contribution >= 4 is 28.5 Å². The summed E-state index contributed by atoms with van der Waals surface area (Å²) < 4.78 is 29.8. The molecule has 0 saturated heterocycles. The van der Waals surface area contributed by atoms with Crippen LogP contribution >= 0.6 is 11.6 Å². The lowest BCUT2D eigenvalue weighted by molar-refractivity contribution is 0.0731. The fraction of sp³-hybridized carbons (Fsp3) is 0.333. The number of aromatic nitrogens is 2. The third-order valence-corrected chi connectivity index (χ3v) is 4.77. The molecular formula is C21H22ClF2N3O. The van der Waals surface area contributed by atoms with Gasteiger partial charge in [0.05, 0.1) is 23.1 Å². The Kier molecular flexibility index (Phi) is 6.29. The first-order chi connectivity index (χ1) is 13.5. The summed E-state index contributed by atoms with van der Waals surface area (Å²) in [6.45, 7) is 5.31. The number of hydrogen-bond acceptors (Lipinski definition) is 2. The molecule has 0 aliphatic carbocycles. The molecule has 0 atom stereocenters. The highest BCUT2D eigenvalue weighted by atomic mass is 35.5. The third-order valence-electron chi connectivity index (χ3n) is 4.53. The number of halogens is 3. The van der Waals surface area contributed by atoms with Gasteiger partial charge in [0.25, 0.3) is 5.91 Å². The average Bonchev–Trinajstić information content (AvgIpc) is 3.00. The smallest absolute Gasteiger partial charge is 0.257 e. The molecule has 0 unspecified atom stereocenters. The molecule has 2 aromatic carbocycles. The van der Waals surface area contributed by atoms with Gasteiger partial charge in [-0.3, -0.25) is 4.79 Å². The number of benzene rings is 2. The van der Waals surface area contributed by atoms with Crippen LogP contribution in [0.5, 0.6) is 0 Å². The minimum atomic E-state index is -1.12. The number of amides is 1. The molecule has 7 heteroatoms. The van der Waals surface area contributed by atoms with E-state index in [-0.39, 0.29) is 12.1 Å². The number of carbonyl (C=O) groups is 1. The Hall–Kier alpha value is -2.47. The minimum Gasteiger partial charge on any atom is -0.331 e. The predicted octanol–water partition coefficient (Wildman–Crippen LogP) is 5.43. The van der Waals surface area contributed by atoms with E-state index in [9.17, 15) is 13.6 Å². The Morgan fingerprint density at radius 2 is 1.96 bits per heavy atom. The summed E-state index contributed by atoms with van der Waals surface area (Å²) in [5.41, 5.74) is 1.41. The molecule has 148 valence electrons. The van der Waals surface area contributed by atoms with E-state index in [2.05, 4.69) is 11.9 Å². The zero-order valence-electron chi connectivity index (χ0n) is 15.9. The van der Waals surface area contributed by atoms with Crippen LogP contribution in [0.1, 0.15) is 42.9 Å². The monoisotopic (exact) mass is 405 g/mol. The largest absolute Gasteiger partial charge is 0.331 e. The van der Waals surface area contributed by atoms with Crippen molar-refractivity contribution in [3.63, 3.8) is 0 Å². The van der Waals surface area contributed by atoms with E-state index in [0.29, 0.717) is 30.4 Å². The molecule has 4 nitrogen and oxygen atoms in total. The van der Waals surface area contributed by atoms with Gasteiger partial charge in [-0.1, -0.05) is 31.5 Å². The summed E-state index contributed by atoms with van der Waals surface area (Å²) in [6, 6.07) is 9.10. The van der Waals surface area contributed by atoms with E-state index in [1.807, 2.05) is 23.6 Å². The van der Waals surface area contributed by atoms with Gasteiger partial charge in [-0.2, -0.15) is 0 Å². The lowest BCUT2D eigenvalue weighted by atomic mass is 10.1. The number of imidazole rings is 1. The highest BCUT2D eigenvalue weighted by molar-refractivity contribution is 6.31. The van der Waals surface area contributed by atoms with Crippen LogP contribution in [-0.2, 0) is 13.1 Å². The van der Waals surface area contributed by atoms with Gasteiger partial charge in [-0.05, 0) is 43.2 Å². The number of fused-ring (bicyclic) bond motifs is 1. The van der Waals surface area contributed by atoms with E-state index in [1.165, 1.54) is 17.0 Å². The van der Waals surface area contributed by atoms with E-state index < -0.39 is 17.5 Å². The first-order valence-corrected chi connectivity index (χ1v) is 9.72. The summed E-state index contributed by atoms with van der Waals surface area (Å²) in [4.78, 5) is 19.1. The van der Waals surface area contributed by atoms with E-state index >= 15 is 0 Å². The highest BCUT2D eigenvalue weighted by Gasteiger charge is 2.23. The summed E-state index contributed by atoms with van der Waals surface area (Å²) in [6.07, 6.45) is 1.56. The Morgan fingerprint density at radius 1 is 1.18 bits per heavy atom. The average molecular weight is 406 g/mol. The molecule has 1 heterocycles. The van der Waals surface area contributed by atoms with E-state index in [4.69, 9.17) is 11.6 Å². The summed E-state index contributed by atoms with van der Waals surface area (Å²) in [7, 11) is 0. The number of rotatable bonds is 7. The standard InChI is InChI=1S/C21H22ClF2N3O/c1-3-10-26(21(28)15-6-5-7-16(23)20(15)24)13-19-25-17-9-8-14(22)12-18(17)27(19)11-4-2/h5-9,12H,3-4,10-11,13H2,1-2H3. The van der Waals surface area contributed by atoms with Crippen molar-refractivity contribution in [2.45, 2.75) is 39.8 Å². The van der Waals surface area contributed by atoms with Gasteiger partial charge >= 0.3 is 0 Å². The first-order valence-electron chi connectivity index (χ1n) is 9.34. The molecule has 3 rings (SSSR count). The van der Waals surface area contributed by atoms with Crippen molar-refractivity contribution in [3.8, 4) is 0 Å². The Bertz CT molecular complexity index is 1000. The van der Waals surface area contributed by atoms with Gasteiger partial charge in [-0.25, -0.2) is 13.8 Å². The number of nitrogens with zero attached hydrogens (tertiary/aromatic N) is 3. The van der Waals surface area contributed by atoms with Crippen LogP contribution in [0.25, 0.3) is 11.0 Å².